The van der Waals surface area contributed by atoms with E-state index in [0.717, 1.165) is 4.31 Å². The molecular weight excluding hydrogens is 500 g/mol. The lowest BCUT2D eigenvalue weighted by molar-refractivity contribution is -0.159. The Morgan fingerprint density at radius 1 is 1.22 bits per heavy atom. The highest BCUT2D eigenvalue weighted by Gasteiger charge is 2.45. The van der Waals surface area contributed by atoms with Crippen molar-refractivity contribution in [2.24, 2.45) is 0 Å². The second-order valence-corrected chi connectivity index (χ2v) is 12.4. The molecule has 3 amide bonds. The molecule has 1 aromatic carbocycles. The van der Waals surface area contributed by atoms with Crippen LogP contribution < -0.4 is 10.6 Å². The maximum absolute atomic E-state index is 13.5. The number of amides is 3. The molecule has 0 radical (unpaired) electrons. The van der Waals surface area contributed by atoms with Crippen LogP contribution in [0.2, 0.25) is 0 Å². The summed E-state index contributed by atoms with van der Waals surface area (Å²) in [6.45, 7) is 7.49. The van der Waals surface area contributed by atoms with Crippen molar-refractivity contribution >= 4 is 27.9 Å². The average Bonchev–Trinajstić information content (AvgIpc) is 2.83. The van der Waals surface area contributed by atoms with E-state index in [4.69, 9.17) is 9.47 Å². The molecule has 2 heterocycles. The zero-order chi connectivity index (χ0) is 27.4. The van der Waals surface area contributed by atoms with E-state index >= 15 is 0 Å². The van der Waals surface area contributed by atoms with Crippen molar-refractivity contribution in [1.82, 2.24) is 19.8 Å². The first-order chi connectivity index (χ1) is 17.2. The van der Waals surface area contributed by atoms with E-state index in [-0.39, 0.29) is 49.7 Å². The molecule has 0 saturated carbocycles. The Balaban J connectivity index is 1.90. The van der Waals surface area contributed by atoms with E-state index in [1.165, 1.54) is 36.2 Å². The van der Waals surface area contributed by atoms with Crippen molar-refractivity contribution in [1.29, 1.82) is 0 Å². The lowest BCUT2D eigenvalue weighted by Crippen LogP contribution is -2.62. The average molecular weight is 537 g/mol. The number of sulfonamides is 1. The molecular formula is C25H36N4O7S. The molecule has 1 aromatic rings. The summed E-state index contributed by atoms with van der Waals surface area (Å²) < 4.78 is 38.7. The SMILES string of the molecule is CC1CNC(=O)c2cccc(c2)S(=O)(=O)N(C)C/C=C/CC2(CN(C(=O)OC(C)(C)C)CCO2)C(=O)N1. The van der Waals surface area contributed by atoms with Crippen LogP contribution in [0, 0.1) is 0 Å². The molecule has 37 heavy (non-hydrogen) atoms. The molecule has 2 aliphatic rings. The molecule has 12 heteroatoms. The fourth-order valence-electron chi connectivity index (χ4n) is 3.95. The van der Waals surface area contributed by atoms with Crippen molar-refractivity contribution in [3.8, 4) is 0 Å². The molecule has 1 fully saturated rings. The van der Waals surface area contributed by atoms with Gasteiger partial charge >= 0.3 is 6.09 Å². The number of likely N-dealkylation sites (N-methyl/N-ethyl adjacent to an activating group) is 1. The molecule has 0 aliphatic carbocycles. The van der Waals surface area contributed by atoms with Crippen LogP contribution in [0.25, 0.3) is 0 Å². The van der Waals surface area contributed by atoms with E-state index in [1.807, 2.05) is 0 Å². The molecule has 2 aliphatic heterocycles. The summed E-state index contributed by atoms with van der Waals surface area (Å²) in [6.07, 6.45) is 2.86. The Bertz CT molecular complexity index is 1160. The minimum absolute atomic E-state index is 0.00424. The van der Waals surface area contributed by atoms with Gasteiger partial charge in [-0.2, -0.15) is 4.31 Å². The minimum Gasteiger partial charge on any atom is -0.444 e. The summed E-state index contributed by atoms with van der Waals surface area (Å²) in [7, 11) is -2.43. The van der Waals surface area contributed by atoms with Gasteiger partial charge in [-0.3, -0.25) is 9.59 Å². The first kappa shape index (κ1) is 28.6. The first-order valence-electron chi connectivity index (χ1n) is 12.2. The smallest absolute Gasteiger partial charge is 0.410 e. The highest BCUT2D eigenvalue weighted by molar-refractivity contribution is 7.89. The Morgan fingerprint density at radius 3 is 2.65 bits per heavy atom. The predicted molar refractivity (Wildman–Crippen MR) is 136 cm³/mol. The van der Waals surface area contributed by atoms with Crippen LogP contribution in [0.4, 0.5) is 4.79 Å². The van der Waals surface area contributed by atoms with E-state index in [0.29, 0.717) is 0 Å². The van der Waals surface area contributed by atoms with Crippen LogP contribution in [-0.2, 0) is 24.3 Å². The molecule has 1 saturated heterocycles. The van der Waals surface area contributed by atoms with Gasteiger partial charge in [0.05, 0.1) is 18.0 Å². The minimum atomic E-state index is -3.86. The largest absolute Gasteiger partial charge is 0.444 e. The summed E-state index contributed by atoms with van der Waals surface area (Å²) in [4.78, 5) is 40.4. The van der Waals surface area contributed by atoms with Crippen molar-refractivity contribution in [2.45, 2.75) is 56.3 Å². The van der Waals surface area contributed by atoms with Gasteiger partial charge in [0.25, 0.3) is 11.8 Å². The van der Waals surface area contributed by atoms with E-state index in [1.54, 1.807) is 39.8 Å². The van der Waals surface area contributed by atoms with E-state index < -0.39 is 45.2 Å². The van der Waals surface area contributed by atoms with Gasteiger partial charge in [-0.05, 0) is 45.9 Å². The Labute approximate surface area is 218 Å². The summed E-state index contributed by atoms with van der Waals surface area (Å²) >= 11 is 0. The van der Waals surface area contributed by atoms with Gasteiger partial charge in [0.2, 0.25) is 10.0 Å². The second kappa shape index (κ2) is 11.2. The molecule has 2 bridgehead atoms. The number of nitrogens with one attached hydrogen (secondary N) is 2. The molecule has 1 spiro atoms. The van der Waals surface area contributed by atoms with Gasteiger partial charge in [0.15, 0.2) is 5.60 Å². The topological polar surface area (TPSA) is 134 Å². The number of hydrogen-bond donors (Lipinski definition) is 2. The normalized spacial score (nSPS) is 26.7. The standard InChI is InChI=1S/C25H36N4O7S/c1-18-16-26-21(30)19-9-8-10-20(15-19)37(33,34)28(5)12-7-6-11-25(22(31)27-18)17-29(13-14-35-25)23(32)36-24(2,3)4/h6-10,15,18H,11-14,16-17H2,1-5H3,(H,26,30)(H,27,31)/b7-6+. The van der Waals surface area contributed by atoms with Gasteiger partial charge in [-0.1, -0.05) is 18.2 Å². The first-order valence-corrected chi connectivity index (χ1v) is 13.6. The maximum Gasteiger partial charge on any atom is 0.410 e. The van der Waals surface area contributed by atoms with Gasteiger partial charge in [0, 0.05) is 44.7 Å². The zero-order valence-electron chi connectivity index (χ0n) is 21.9. The van der Waals surface area contributed by atoms with Crippen molar-refractivity contribution < 1.29 is 32.3 Å². The summed E-state index contributed by atoms with van der Waals surface area (Å²) in [5.74, 6) is -0.908. The van der Waals surface area contributed by atoms with Crippen LogP contribution in [0.1, 0.15) is 44.5 Å². The fourth-order valence-corrected chi connectivity index (χ4v) is 5.12. The summed E-state index contributed by atoms with van der Waals surface area (Å²) in [5, 5.41) is 5.61. The molecule has 0 aromatic heterocycles. The number of rotatable bonds is 0. The molecule has 11 nitrogen and oxygen atoms in total. The molecule has 2 N–H and O–H groups in total. The monoisotopic (exact) mass is 536 g/mol. The lowest BCUT2D eigenvalue weighted by Gasteiger charge is -2.41. The molecule has 204 valence electrons. The van der Waals surface area contributed by atoms with Crippen molar-refractivity contribution in [3.63, 3.8) is 0 Å². The van der Waals surface area contributed by atoms with Gasteiger partial charge in [-0.15, -0.1) is 0 Å². The number of nitrogens with zero attached hydrogens (tertiary/aromatic N) is 2. The number of benzene rings is 1. The van der Waals surface area contributed by atoms with Crippen LogP contribution in [0.15, 0.2) is 41.3 Å². The van der Waals surface area contributed by atoms with Crippen LogP contribution in [0.5, 0.6) is 0 Å². The second-order valence-electron chi connectivity index (χ2n) is 10.3. The number of carbonyl (C=O) groups excluding carboxylic acids is 3. The van der Waals surface area contributed by atoms with E-state index in [2.05, 4.69) is 10.6 Å². The van der Waals surface area contributed by atoms with Gasteiger partial charge in [-0.25, -0.2) is 13.2 Å². The van der Waals surface area contributed by atoms with E-state index in [9.17, 15) is 22.8 Å². The lowest BCUT2D eigenvalue weighted by atomic mass is 9.95. The third-order valence-electron chi connectivity index (χ3n) is 5.98. The Hall–Kier alpha value is -2.96. The fraction of sp³-hybridized carbons (Fsp3) is 0.560. The van der Waals surface area contributed by atoms with Gasteiger partial charge in [0.1, 0.15) is 5.60 Å². The number of morpholine rings is 1. The third kappa shape index (κ3) is 7.08. The van der Waals surface area contributed by atoms with Crippen LogP contribution in [-0.4, -0.2) is 92.6 Å². The number of ether oxygens (including phenoxy) is 2. The highest BCUT2D eigenvalue weighted by Crippen LogP contribution is 2.25. The summed E-state index contributed by atoms with van der Waals surface area (Å²) in [5.41, 5.74) is -1.93. The Morgan fingerprint density at radius 2 is 1.95 bits per heavy atom. The molecule has 2 unspecified atom stereocenters. The van der Waals surface area contributed by atoms with Crippen LogP contribution in [0.3, 0.4) is 0 Å². The molecule has 3 rings (SSSR count). The van der Waals surface area contributed by atoms with Crippen molar-refractivity contribution in [3.05, 3.63) is 42.0 Å². The van der Waals surface area contributed by atoms with Gasteiger partial charge < -0.3 is 25.0 Å². The highest BCUT2D eigenvalue weighted by atomic mass is 32.2. The Kier molecular flexibility index (Phi) is 8.66. The number of hydrogen-bond acceptors (Lipinski definition) is 7. The van der Waals surface area contributed by atoms with Crippen LogP contribution >= 0.6 is 0 Å². The zero-order valence-corrected chi connectivity index (χ0v) is 22.8. The quantitative estimate of drug-likeness (QED) is 0.480. The number of fused-ring (bicyclic) bond motifs is 2. The summed E-state index contributed by atoms with van der Waals surface area (Å²) in [6, 6.07) is 5.34. The third-order valence-corrected chi connectivity index (χ3v) is 7.80. The van der Waals surface area contributed by atoms with Crippen molar-refractivity contribution in [2.75, 3.05) is 39.8 Å². The number of carbonyl (C=O) groups is 3. The predicted octanol–water partition coefficient (Wildman–Crippen LogP) is 1.51. The molecule has 2 atom stereocenters. The maximum atomic E-state index is 13.5.